The van der Waals surface area contributed by atoms with E-state index in [4.69, 9.17) is 4.74 Å². The third-order valence-electron chi connectivity index (χ3n) is 5.92. The van der Waals surface area contributed by atoms with Crippen LogP contribution in [0.25, 0.3) is 21.3 Å². The van der Waals surface area contributed by atoms with E-state index in [1.807, 2.05) is 47.8 Å². The number of anilines is 1. The van der Waals surface area contributed by atoms with Crippen LogP contribution in [0.5, 0.6) is 5.75 Å². The first-order chi connectivity index (χ1) is 16.2. The molecule has 0 fully saturated rings. The molecule has 168 valence electrons. The van der Waals surface area contributed by atoms with Crippen LogP contribution in [0, 0.1) is 0 Å². The quantitative estimate of drug-likeness (QED) is 0.412. The Morgan fingerprint density at radius 1 is 1.15 bits per heavy atom. The number of aryl methyl sites for hydroxylation is 1. The van der Waals surface area contributed by atoms with Gasteiger partial charge in [-0.05, 0) is 48.6 Å². The standard InChI is InChI=1S/C26H25N3O3S/c1-2-14-32-20-11-9-18(10-12-20)21-16-33-25-24(21)26(31)28(17-27-25)15-23(30)29-13-5-7-19-6-3-4-8-22(19)29/h3-4,6,8-12,16-17H,2,5,7,13-15H2,1H3. The van der Waals surface area contributed by atoms with E-state index in [0.717, 1.165) is 41.8 Å². The van der Waals surface area contributed by atoms with Crippen LogP contribution >= 0.6 is 11.3 Å². The minimum Gasteiger partial charge on any atom is -0.494 e. The number of aromatic nitrogens is 2. The first kappa shape index (κ1) is 21.4. The highest BCUT2D eigenvalue weighted by Gasteiger charge is 2.23. The highest BCUT2D eigenvalue weighted by atomic mass is 32.1. The van der Waals surface area contributed by atoms with Crippen molar-refractivity contribution < 1.29 is 9.53 Å². The molecule has 1 amide bonds. The molecule has 0 spiro atoms. The van der Waals surface area contributed by atoms with Gasteiger partial charge < -0.3 is 9.64 Å². The predicted octanol–water partition coefficient (Wildman–Crippen LogP) is 4.89. The van der Waals surface area contributed by atoms with Gasteiger partial charge in [0.25, 0.3) is 5.56 Å². The van der Waals surface area contributed by atoms with Gasteiger partial charge in [-0.2, -0.15) is 0 Å². The van der Waals surface area contributed by atoms with Crippen molar-refractivity contribution in [1.82, 2.24) is 9.55 Å². The predicted molar refractivity (Wildman–Crippen MR) is 132 cm³/mol. The smallest absolute Gasteiger partial charge is 0.263 e. The molecule has 0 atom stereocenters. The van der Waals surface area contributed by atoms with E-state index in [0.29, 0.717) is 23.4 Å². The fourth-order valence-electron chi connectivity index (χ4n) is 4.27. The van der Waals surface area contributed by atoms with Crippen molar-refractivity contribution in [3.05, 3.63) is 76.2 Å². The number of rotatable bonds is 6. The molecule has 4 aromatic rings. The number of hydrogen-bond donors (Lipinski definition) is 0. The Hall–Kier alpha value is -3.45. The number of fused-ring (bicyclic) bond motifs is 2. The van der Waals surface area contributed by atoms with Crippen LogP contribution in [-0.4, -0.2) is 28.6 Å². The summed E-state index contributed by atoms with van der Waals surface area (Å²) in [4.78, 5) is 33.5. The summed E-state index contributed by atoms with van der Waals surface area (Å²) >= 11 is 1.44. The summed E-state index contributed by atoms with van der Waals surface area (Å²) in [6.07, 6.45) is 4.32. The second-order valence-electron chi connectivity index (χ2n) is 8.16. The normalized spacial score (nSPS) is 13.2. The van der Waals surface area contributed by atoms with Gasteiger partial charge in [-0.3, -0.25) is 14.2 Å². The maximum absolute atomic E-state index is 13.4. The third-order valence-corrected chi connectivity index (χ3v) is 6.80. The van der Waals surface area contributed by atoms with E-state index >= 15 is 0 Å². The van der Waals surface area contributed by atoms with E-state index in [9.17, 15) is 9.59 Å². The number of carbonyl (C=O) groups is 1. The number of thiophene rings is 1. The van der Waals surface area contributed by atoms with Crippen LogP contribution in [0.15, 0.2) is 65.0 Å². The number of benzene rings is 2. The van der Waals surface area contributed by atoms with E-state index in [2.05, 4.69) is 18.0 Å². The van der Waals surface area contributed by atoms with Crippen molar-refractivity contribution >= 4 is 33.1 Å². The van der Waals surface area contributed by atoms with Crippen molar-refractivity contribution in [3.8, 4) is 16.9 Å². The summed E-state index contributed by atoms with van der Waals surface area (Å²) in [7, 11) is 0. The Balaban J connectivity index is 1.45. The van der Waals surface area contributed by atoms with Crippen molar-refractivity contribution in [2.45, 2.75) is 32.7 Å². The average Bonchev–Trinajstić information content (AvgIpc) is 3.29. The van der Waals surface area contributed by atoms with Crippen LogP contribution < -0.4 is 15.2 Å². The monoisotopic (exact) mass is 459 g/mol. The van der Waals surface area contributed by atoms with Gasteiger partial charge in [0, 0.05) is 23.2 Å². The molecule has 5 rings (SSSR count). The molecule has 6 nitrogen and oxygen atoms in total. The summed E-state index contributed by atoms with van der Waals surface area (Å²) < 4.78 is 7.09. The van der Waals surface area contributed by atoms with Crippen LogP contribution in [0.3, 0.4) is 0 Å². The zero-order valence-corrected chi connectivity index (χ0v) is 19.3. The molecule has 0 saturated carbocycles. The van der Waals surface area contributed by atoms with Crippen molar-refractivity contribution in [2.24, 2.45) is 0 Å². The zero-order chi connectivity index (χ0) is 22.8. The maximum atomic E-state index is 13.4. The van der Waals surface area contributed by atoms with E-state index in [-0.39, 0.29) is 18.0 Å². The van der Waals surface area contributed by atoms with E-state index in [1.54, 1.807) is 4.90 Å². The summed E-state index contributed by atoms with van der Waals surface area (Å²) in [5, 5.41) is 2.50. The Morgan fingerprint density at radius 2 is 1.97 bits per heavy atom. The molecule has 0 radical (unpaired) electrons. The second-order valence-corrected chi connectivity index (χ2v) is 9.02. The van der Waals surface area contributed by atoms with Crippen molar-refractivity contribution in [2.75, 3.05) is 18.1 Å². The van der Waals surface area contributed by atoms with Gasteiger partial charge in [-0.15, -0.1) is 11.3 Å². The average molecular weight is 460 g/mol. The summed E-state index contributed by atoms with van der Waals surface area (Å²) in [6, 6.07) is 15.7. The first-order valence-electron chi connectivity index (χ1n) is 11.2. The molecule has 1 aliphatic heterocycles. The van der Waals surface area contributed by atoms with Crippen LogP contribution in [0.2, 0.25) is 0 Å². The third kappa shape index (κ3) is 4.16. The molecular weight excluding hydrogens is 434 g/mol. The molecule has 0 bridgehead atoms. The number of amides is 1. The molecule has 2 aromatic heterocycles. The summed E-state index contributed by atoms with van der Waals surface area (Å²) in [5.41, 5.74) is 3.68. The van der Waals surface area contributed by atoms with Gasteiger partial charge in [0.1, 0.15) is 17.1 Å². The van der Waals surface area contributed by atoms with Crippen molar-refractivity contribution in [1.29, 1.82) is 0 Å². The molecule has 33 heavy (non-hydrogen) atoms. The highest BCUT2D eigenvalue weighted by molar-refractivity contribution is 7.17. The lowest BCUT2D eigenvalue weighted by atomic mass is 10.0. The molecule has 0 aliphatic carbocycles. The second kappa shape index (κ2) is 9.19. The summed E-state index contributed by atoms with van der Waals surface area (Å²) in [5.74, 6) is 0.711. The molecule has 3 heterocycles. The van der Waals surface area contributed by atoms with Gasteiger partial charge in [0.15, 0.2) is 0 Å². The maximum Gasteiger partial charge on any atom is 0.263 e. The minimum atomic E-state index is -0.193. The molecule has 0 unspecified atom stereocenters. The Morgan fingerprint density at radius 3 is 2.79 bits per heavy atom. The van der Waals surface area contributed by atoms with Gasteiger partial charge in [0.2, 0.25) is 5.91 Å². The van der Waals surface area contributed by atoms with Crippen LogP contribution in [0.4, 0.5) is 5.69 Å². The first-order valence-corrected chi connectivity index (χ1v) is 12.1. The lowest BCUT2D eigenvalue weighted by Gasteiger charge is -2.29. The van der Waals surface area contributed by atoms with Crippen molar-refractivity contribution in [3.63, 3.8) is 0 Å². The molecular formula is C26H25N3O3S. The minimum absolute atomic E-state index is 0.0325. The van der Waals surface area contributed by atoms with Gasteiger partial charge in [-0.25, -0.2) is 4.98 Å². The number of nitrogens with zero attached hydrogens (tertiary/aromatic N) is 3. The van der Waals surface area contributed by atoms with Gasteiger partial charge >= 0.3 is 0 Å². The Labute approximate surface area is 196 Å². The zero-order valence-electron chi connectivity index (χ0n) is 18.5. The molecule has 0 saturated heterocycles. The number of carbonyl (C=O) groups excluding carboxylic acids is 1. The Bertz CT molecular complexity index is 1360. The van der Waals surface area contributed by atoms with Crippen LogP contribution in [-0.2, 0) is 17.8 Å². The topological polar surface area (TPSA) is 64.4 Å². The molecule has 7 heteroatoms. The fraction of sp³-hybridized carbons (Fsp3) is 0.269. The molecule has 2 aromatic carbocycles. The highest BCUT2D eigenvalue weighted by Crippen LogP contribution is 2.32. The number of ether oxygens (including phenoxy) is 1. The molecule has 1 aliphatic rings. The van der Waals surface area contributed by atoms with Gasteiger partial charge in [-0.1, -0.05) is 37.3 Å². The van der Waals surface area contributed by atoms with E-state index in [1.165, 1.54) is 27.8 Å². The molecule has 0 N–H and O–H groups in total. The summed E-state index contributed by atoms with van der Waals surface area (Å²) in [6.45, 7) is 3.37. The van der Waals surface area contributed by atoms with Crippen LogP contribution in [0.1, 0.15) is 25.3 Å². The lowest BCUT2D eigenvalue weighted by molar-refractivity contribution is -0.119. The largest absolute Gasteiger partial charge is 0.494 e. The van der Waals surface area contributed by atoms with E-state index < -0.39 is 0 Å². The SMILES string of the molecule is CCCOc1ccc(-c2csc3ncn(CC(=O)N4CCCc5ccccc54)c(=O)c23)cc1. The lowest BCUT2D eigenvalue weighted by Crippen LogP contribution is -2.39. The number of hydrogen-bond acceptors (Lipinski definition) is 5. The fourth-order valence-corrected chi connectivity index (χ4v) is 5.17. The van der Waals surface area contributed by atoms with Gasteiger partial charge in [0.05, 0.1) is 18.3 Å². The Kier molecular flexibility index (Phi) is 5.96. The number of para-hydroxylation sites is 1.